The first-order valence-corrected chi connectivity index (χ1v) is 7.34. The fourth-order valence-electron chi connectivity index (χ4n) is 1.98. The third-order valence-corrected chi connectivity index (χ3v) is 3.31. The smallest absolute Gasteiger partial charge is 0.343 e. The zero-order chi connectivity index (χ0) is 16.8. The first-order valence-electron chi connectivity index (χ1n) is 6.96. The number of para-hydroxylation sites is 2. The number of hydrogen-bond donors (Lipinski definition) is 0. The summed E-state index contributed by atoms with van der Waals surface area (Å²) in [4.78, 5) is 12.3. The molecule has 0 saturated heterocycles. The van der Waals surface area contributed by atoms with Crippen LogP contribution in [-0.4, -0.2) is 26.8 Å². The second kappa shape index (κ2) is 7.74. The van der Waals surface area contributed by atoms with Gasteiger partial charge in [-0.25, -0.2) is 4.79 Å². The summed E-state index contributed by atoms with van der Waals surface area (Å²) >= 11 is 6.16. The zero-order valence-electron chi connectivity index (χ0n) is 13.1. The Hall–Kier alpha value is -2.40. The fourth-order valence-corrected chi connectivity index (χ4v) is 2.25. The summed E-state index contributed by atoms with van der Waals surface area (Å²) < 4.78 is 21.2. The van der Waals surface area contributed by atoms with Crippen LogP contribution in [0.2, 0.25) is 5.02 Å². The molecule has 2 aromatic carbocycles. The number of hydrogen-bond acceptors (Lipinski definition) is 5. The van der Waals surface area contributed by atoms with Gasteiger partial charge in [0.25, 0.3) is 0 Å². The van der Waals surface area contributed by atoms with Crippen LogP contribution in [0.25, 0.3) is 0 Å². The van der Waals surface area contributed by atoms with Crippen molar-refractivity contribution < 1.29 is 23.7 Å². The predicted octanol–water partition coefficient (Wildman–Crippen LogP) is 3.98. The van der Waals surface area contributed by atoms with Gasteiger partial charge in [-0.2, -0.15) is 0 Å². The number of ether oxygens (including phenoxy) is 4. The number of methoxy groups -OCH3 is 2. The van der Waals surface area contributed by atoms with Gasteiger partial charge in [-0.05, 0) is 31.2 Å². The molecule has 0 aliphatic rings. The molecular weight excluding hydrogens is 320 g/mol. The van der Waals surface area contributed by atoms with Crippen molar-refractivity contribution in [2.45, 2.75) is 6.92 Å². The van der Waals surface area contributed by atoms with Crippen molar-refractivity contribution in [3.63, 3.8) is 0 Å². The summed E-state index contributed by atoms with van der Waals surface area (Å²) in [5, 5.41) is 0.276. The maximum Gasteiger partial charge on any atom is 0.343 e. The Morgan fingerprint density at radius 2 is 1.70 bits per heavy atom. The third kappa shape index (κ3) is 3.87. The molecule has 0 amide bonds. The molecule has 0 radical (unpaired) electrons. The highest BCUT2D eigenvalue weighted by molar-refractivity contribution is 6.32. The maximum absolute atomic E-state index is 12.3. The van der Waals surface area contributed by atoms with Crippen LogP contribution in [0.1, 0.15) is 17.3 Å². The monoisotopic (exact) mass is 336 g/mol. The summed E-state index contributed by atoms with van der Waals surface area (Å²) in [6, 6.07) is 9.88. The lowest BCUT2D eigenvalue weighted by atomic mass is 10.2. The van der Waals surface area contributed by atoms with Crippen LogP contribution in [0.5, 0.6) is 23.0 Å². The summed E-state index contributed by atoms with van der Waals surface area (Å²) in [5.41, 5.74) is 0.251. The average Bonchev–Trinajstić information content (AvgIpc) is 2.57. The minimum Gasteiger partial charge on any atom is -0.493 e. The molecule has 5 nitrogen and oxygen atoms in total. The zero-order valence-corrected chi connectivity index (χ0v) is 13.8. The Balaban J connectivity index is 2.31. The van der Waals surface area contributed by atoms with E-state index in [0.29, 0.717) is 29.6 Å². The van der Waals surface area contributed by atoms with E-state index in [1.807, 2.05) is 6.92 Å². The van der Waals surface area contributed by atoms with Crippen molar-refractivity contribution >= 4 is 17.6 Å². The molecule has 0 N–H and O–H groups in total. The van der Waals surface area contributed by atoms with E-state index in [1.54, 1.807) is 24.3 Å². The Morgan fingerprint density at radius 1 is 1.04 bits per heavy atom. The van der Waals surface area contributed by atoms with Gasteiger partial charge in [0.05, 0.1) is 31.4 Å². The Morgan fingerprint density at radius 3 is 2.30 bits per heavy atom. The van der Waals surface area contributed by atoms with Gasteiger partial charge in [-0.1, -0.05) is 23.7 Å². The largest absolute Gasteiger partial charge is 0.493 e. The van der Waals surface area contributed by atoms with Gasteiger partial charge in [-0.3, -0.25) is 0 Å². The summed E-state index contributed by atoms with van der Waals surface area (Å²) in [6.07, 6.45) is 0. The SMILES string of the molecule is CCOc1c(Cl)cc(C(=O)Oc2ccccc2OC)cc1OC. The van der Waals surface area contributed by atoms with Gasteiger partial charge < -0.3 is 18.9 Å². The molecule has 0 atom stereocenters. The van der Waals surface area contributed by atoms with Crippen LogP contribution < -0.4 is 18.9 Å². The maximum atomic E-state index is 12.3. The van der Waals surface area contributed by atoms with E-state index in [0.717, 1.165) is 0 Å². The van der Waals surface area contributed by atoms with E-state index in [4.69, 9.17) is 30.5 Å². The molecule has 0 aliphatic heterocycles. The first kappa shape index (κ1) is 17.0. The van der Waals surface area contributed by atoms with Crippen LogP contribution in [0.15, 0.2) is 36.4 Å². The van der Waals surface area contributed by atoms with Crippen molar-refractivity contribution in [1.82, 2.24) is 0 Å². The normalized spacial score (nSPS) is 10.1. The van der Waals surface area contributed by atoms with Crippen LogP contribution in [0, 0.1) is 0 Å². The van der Waals surface area contributed by atoms with Gasteiger partial charge in [0, 0.05) is 0 Å². The van der Waals surface area contributed by atoms with E-state index in [-0.39, 0.29) is 10.6 Å². The molecule has 0 aromatic heterocycles. The number of benzene rings is 2. The Bertz CT molecular complexity index is 699. The number of halogens is 1. The highest BCUT2D eigenvalue weighted by atomic mass is 35.5. The Labute approximate surface area is 139 Å². The van der Waals surface area contributed by atoms with Crippen LogP contribution in [0.4, 0.5) is 0 Å². The topological polar surface area (TPSA) is 54.0 Å². The van der Waals surface area contributed by atoms with Gasteiger partial charge in [0.2, 0.25) is 0 Å². The molecule has 2 rings (SSSR count). The lowest BCUT2D eigenvalue weighted by Crippen LogP contribution is -2.10. The van der Waals surface area contributed by atoms with E-state index in [1.165, 1.54) is 26.4 Å². The fraction of sp³-hybridized carbons (Fsp3) is 0.235. The number of esters is 1. The number of rotatable bonds is 6. The van der Waals surface area contributed by atoms with E-state index in [2.05, 4.69) is 0 Å². The molecule has 0 heterocycles. The second-order valence-electron chi connectivity index (χ2n) is 4.46. The summed E-state index contributed by atoms with van der Waals surface area (Å²) in [5.74, 6) is 0.975. The van der Waals surface area contributed by atoms with Crippen molar-refractivity contribution in [3.8, 4) is 23.0 Å². The molecule has 23 heavy (non-hydrogen) atoms. The number of carbonyl (C=O) groups is 1. The first-order chi connectivity index (χ1) is 11.1. The number of carbonyl (C=O) groups excluding carboxylic acids is 1. The minimum atomic E-state index is -0.572. The summed E-state index contributed by atoms with van der Waals surface area (Å²) in [7, 11) is 2.98. The molecule has 6 heteroatoms. The lowest BCUT2D eigenvalue weighted by molar-refractivity contribution is 0.0729. The molecular formula is C17H17ClO5. The van der Waals surface area contributed by atoms with Crippen LogP contribution in [-0.2, 0) is 0 Å². The van der Waals surface area contributed by atoms with Gasteiger partial charge in [0.1, 0.15) is 0 Å². The highest BCUT2D eigenvalue weighted by Crippen LogP contribution is 2.37. The average molecular weight is 337 g/mol. The molecule has 122 valence electrons. The van der Waals surface area contributed by atoms with E-state index in [9.17, 15) is 4.79 Å². The van der Waals surface area contributed by atoms with Crippen molar-refractivity contribution in [2.75, 3.05) is 20.8 Å². The van der Waals surface area contributed by atoms with Gasteiger partial charge >= 0.3 is 5.97 Å². The van der Waals surface area contributed by atoms with E-state index >= 15 is 0 Å². The lowest BCUT2D eigenvalue weighted by Gasteiger charge is -2.13. The Kier molecular flexibility index (Phi) is 5.71. The molecule has 0 aliphatic carbocycles. The highest BCUT2D eigenvalue weighted by Gasteiger charge is 2.18. The summed E-state index contributed by atoms with van der Waals surface area (Å²) in [6.45, 7) is 2.26. The standard InChI is InChI=1S/C17H17ClO5/c1-4-22-16-12(18)9-11(10-15(16)21-3)17(19)23-14-8-6-5-7-13(14)20-2/h5-10H,4H2,1-3H3. The van der Waals surface area contributed by atoms with E-state index < -0.39 is 5.97 Å². The molecule has 0 saturated carbocycles. The molecule has 0 fully saturated rings. The molecule has 0 bridgehead atoms. The van der Waals surface area contributed by atoms with Crippen LogP contribution >= 0.6 is 11.6 Å². The molecule has 0 unspecified atom stereocenters. The molecule has 2 aromatic rings. The second-order valence-corrected chi connectivity index (χ2v) is 4.87. The molecule has 0 spiro atoms. The predicted molar refractivity (Wildman–Crippen MR) is 87.1 cm³/mol. The quantitative estimate of drug-likeness (QED) is 0.590. The van der Waals surface area contributed by atoms with Gasteiger partial charge in [-0.15, -0.1) is 0 Å². The van der Waals surface area contributed by atoms with Gasteiger partial charge in [0.15, 0.2) is 23.0 Å². The van der Waals surface area contributed by atoms with Crippen molar-refractivity contribution in [1.29, 1.82) is 0 Å². The van der Waals surface area contributed by atoms with Crippen molar-refractivity contribution in [2.24, 2.45) is 0 Å². The van der Waals surface area contributed by atoms with Crippen molar-refractivity contribution in [3.05, 3.63) is 47.0 Å². The van der Waals surface area contributed by atoms with Crippen LogP contribution in [0.3, 0.4) is 0 Å². The third-order valence-electron chi connectivity index (χ3n) is 3.03. The minimum absolute atomic E-state index is 0.251.